The van der Waals surface area contributed by atoms with Crippen molar-refractivity contribution >= 4 is 33.6 Å². The molecule has 0 aliphatic carbocycles. The molecule has 0 heterocycles. The first-order valence-corrected chi connectivity index (χ1v) is 7.69. The first kappa shape index (κ1) is 23.5. The zero-order chi connectivity index (χ0) is 17.1. The van der Waals surface area contributed by atoms with Gasteiger partial charge in [0.25, 0.3) is 0 Å². The van der Waals surface area contributed by atoms with Gasteiger partial charge in [-0.3, -0.25) is 14.1 Å². The van der Waals surface area contributed by atoms with Gasteiger partial charge < -0.3 is 30.0 Å². The number of phosphoric ester groups is 1. The van der Waals surface area contributed by atoms with Crippen LogP contribution in [0.4, 0.5) is 0 Å². The summed E-state index contributed by atoms with van der Waals surface area (Å²) in [6.07, 6.45) is -3.16. The summed E-state index contributed by atoms with van der Waals surface area (Å²) in [6.45, 7) is 0. The summed E-state index contributed by atoms with van der Waals surface area (Å²) in [5, 5.41) is 25.9. The van der Waals surface area contributed by atoms with Crippen molar-refractivity contribution in [3.05, 3.63) is 0 Å². The second-order valence-electron chi connectivity index (χ2n) is 3.57. The maximum atomic E-state index is 11.3. The van der Waals surface area contributed by atoms with Gasteiger partial charge in [-0.2, -0.15) is 4.31 Å². The number of carboxylic acids is 3. The number of aliphatic carboxylic acids is 3. The third-order valence-electron chi connectivity index (χ3n) is 1.76. The molecular formula is C6H10FeO13P2. The Hall–Kier alpha value is -0.811. The first-order chi connectivity index (χ1) is 9.19. The first-order valence-electron chi connectivity index (χ1n) is 4.66. The van der Waals surface area contributed by atoms with Crippen LogP contribution in [-0.2, 0) is 49.4 Å². The van der Waals surface area contributed by atoms with Crippen LogP contribution in [0.1, 0.15) is 12.8 Å². The molecule has 0 rings (SSSR count). The Bertz CT molecular complexity index is 521. The quantitative estimate of drug-likeness (QED) is 0.199. The molecule has 6 N–H and O–H groups in total. The van der Waals surface area contributed by atoms with E-state index in [9.17, 15) is 23.5 Å². The predicted octanol–water partition coefficient (Wildman–Crippen LogP) is -1.02. The van der Waals surface area contributed by atoms with E-state index in [1.54, 1.807) is 0 Å². The Morgan fingerprint density at radius 3 is 1.50 bits per heavy atom. The van der Waals surface area contributed by atoms with E-state index in [-0.39, 0.29) is 17.1 Å². The summed E-state index contributed by atoms with van der Waals surface area (Å²) in [5.41, 5.74) is -3.27. The van der Waals surface area contributed by atoms with Crippen molar-refractivity contribution in [2.24, 2.45) is 0 Å². The van der Waals surface area contributed by atoms with Crippen LogP contribution in [0, 0.1) is 0 Å². The minimum absolute atomic E-state index is 0. The van der Waals surface area contributed by atoms with Crippen molar-refractivity contribution in [1.82, 2.24) is 0 Å². The SMILES string of the molecule is O=C(O)CC(CC(=O)O)(OP(=O)(O)OP(=O)(O)O)C(=O)O.[Fe]. The van der Waals surface area contributed by atoms with Gasteiger partial charge >= 0.3 is 33.6 Å². The van der Waals surface area contributed by atoms with Gasteiger partial charge in [-0.25, -0.2) is 13.9 Å². The van der Waals surface area contributed by atoms with E-state index in [0.29, 0.717) is 0 Å². The Labute approximate surface area is 132 Å². The second kappa shape index (κ2) is 8.16. The molecule has 0 saturated heterocycles. The van der Waals surface area contributed by atoms with Crippen molar-refractivity contribution in [1.29, 1.82) is 0 Å². The molecular weight excluding hydrogens is 398 g/mol. The summed E-state index contributed by atoms with van der Waals surface area (Å²) in [7, 11) is -11.4. The van der Waals surface area contributed by atoms with Crippen molar-refractivity contribution in [3.8, 4) is 0 Å². The predicted molar refractivity (Wildman–Crippen MR) is 58.9 cm³/mol. The van der Waals surface area contributed by atoms with Crippen LogP contribution >= 0.6 is 15.6 Å². The summed E-state index contributed by atoms with van der Waals surface area (Å²) < 4.78 is 28.9. The van der Waals surface area contributed by atoms with Gasteiger partial charge in [0.1, 0.15) is 0 Å². The summed E-state index contributed by atoms with van der Waals surface area (Å²) in [5.74, 6) is -6.07. The van der Waals surface area contributed by atoms with Crippen molar-refractivity contribution in [3.63, 3.8) is 0 Å². The monoisotopic (exact) mass is 408 g/mol. The zero-order valence-electron chi connectivity index (χ0n) is 10.2. The van der Waals surface area contributed by atoms with Crippen LogP contribution in [-0.4, -0.2) is 53.5 Å². The molecule has 0 spiro atoms. The molecule has 0 aliphatic rings. The number of rotatable bonds is 9. The van der Waals surface area contributed by atoms with Crippen LogP contribution in [0.3, 0.4) is 0 Å². The minimum Gasteiger partial charge on any atom is -0.481 e. The maximum Gasteiger partial charge on any atom is 0.482 e. The smallest absolute Gasteiger partial charge is 0.481 e. The fourth-order valence-corrected chi connectivity index (χ4v) is 3.04. The number of carbonyl (C=O) groups is 3. The second-order valence-corrected chi connectivity index (χ2v) is 6.33. The van der Waals surface area contributed by atoms with Crippen molar-refractivity contribution in [2.45, 2.75) is 18.4 Å². The minimum atomic E-state index is -5.77. The zero-order valence-corrected chi connectivity index (χ0v) is 13.1. The topological polar surface area (TPSA) is 225 Å². The van der Waals surface area contributed by atoms with E-state index in [4.69, 9.17) is 30.0 Å². The average molecular weight is 408 g/mol. The molecule has 1 atom stereocenters. The third-order valence-corrected chi connectivity index (χ3v) is 4.02. The van der Waals surface area contributed by atoms with Gasteiger partial charge in [-0.1, -0.05) is 0 Å². The maximum absolute atomic E-state index is 11.3. The van der Waals surface area contributed by atoms with Crippen LogP contribution in [0.2, 0.25) is 0 Å². The van der Waals surface area contributed by atoms with E-state index in [0.717, 1.165) is 0 Å². The van der Waals surface area contributed by atoms with E-state index in [2.05, 4.69) is 8.83 Å². The van der Waals surface area contributed by atoms with E-state index < -0.39 is 52.0 Å². The molecule has 0 fully saturated rings. The van der Waals surface area contributed by atoms with E-state index >= 15 is 0 Å². The van der Waals surface area contributed by atoms with Gasteiger partial charge in [0.2, 0.25) is 0 Å². The molecule has 0 aromatic carbocycles. The summed E-state index contributed by atoms with van der Waals surface area (Å²) >= 11 is 0. The van der Waals surface area contributed by atoms with Crippen molar-refractivity contribution < 1.29 is 79.4 Å². The Balaban J connectivity index is 0. The Morgan fingerprint density at radius 2 is 1.27 bits per heavy atom. The van der Waals surface area contributed by atoms with Gasteiger partial charge in [-0.05, 0) is 0 Å². The van der Waals surface area contributed by atoms with Gasteiger partial charge in [0.15, 0.2) is 5.60 Å². The van der Waals surface area contributed by atoms with Crippen LogP contribution in [0.5, 0.6) is 0 Å². The molecule has 22 heavy (non-hydrogen) atoms. The molecule has 0 saturated carbocycles. The largest absolute Gasteiger partial charge is 0.482 e. The molecule has 0 radical (unpaired) electrons. The fraction of sp³-hybridized carbons (Fsp3) is 0.500. The van der Waals surface area contributed by atoms with E-state index in [1.807, 2.05) is 0 Å². The number of hydrogen-bond acceptors (Lipinski definition) is 7. The van der Waals surface area contributed by atoms with Crippen LogP contribution < -0.4 is 0 Å². The number of carboxylic acid groups (broad SMARTS) is 3. The average Bonchev–Trinajstić information content (AvgIpc) is 2.08. The molecule has 130 valence electrons. The fourth-order valence-electron chi connectivity index (χ4n) is 1.18. The summed E-state index contributed by atoms with van der Waals surface area (Å²) in [6, 6.07) is 0. The Kier molecular flexibility index (Phi) is 8.70. The summed E-state index contributed by atoms with van der Waals surface area (Å²) in [4.78, 5) is 57.9. The molecule has 0 amide bonds. The molecule has 16 heteroatoms. The van der Waals surface area contributed by atoms with Gasteiger partial charge in [-0.15, -0.1) is 0 Å². The molecule has 13 nitrogen and oxygen atoms in total. The van der Waals surface area contributed by atoms with Crippen LogP contribution in [0.15, 0.2) is 0 Å². The van der Waals surface area contributed by atoms with Crippen LogP contribution in [0.25, 0.3) is 0 Å². The number of hydrogen-bond donors (Lipinski definition) is 6. The number of phosphoric acid groups is 2. The third kappa shape index (κ3) is 8.59. The molecule has 0 aliphatic heterocycles. The van der Waals surface area contributed by atoms with Gasteiger partial charge in [0.05, 0.1) is 12.8 Å². The normalized spacial score (nSPS) is 14.5. The van der Waals surface area contributed by atoms with Crippen molar-refractivity contribution in [2.75, 3.05) is 0 Å². The van der Waals surface area contributed by atoms with Gasteiger partial charge in [0, 0.05) is 17.1 Å². The molecule has 0 aromatic heterocycles. The molecule has 1 unspecified atom stereocenters. The molecule has 0 bridgehead atoms. The standard InChI is InChI=1S/C6H10O13P2.Fe/c7-3(8)1-6(5(11)12,2-4(9)10)18-21(16,17)19-20(13,14)15;/h1-2H2,(H,7,8)(H,9,10)(H,11,12)(H,16,17)(H2,13,14,15);. The molecule has 0 aromatic rings. The van der Waals surface area contributed by atoms with E-state index in [1.165, 1.54) is 0 Å². The Morgan fingerprint density at radius 1 is 0.909 bits per heavy atom.